The summed E-state index contributed by atoms with van der Waals surface area (Å²) >= 11 is 1.55. The summed E-state index contributed by atoms with van der Waals surface area (Å²) in [6.07, 6.45) is 4.84. The van der Waals surface area contributed by atoms with Crippen LogP contribution in [-0.4, -0.2) is 24.3 Å². The normalized spacial score (nSPS) is 13.3. The van der Waals surface area contributed by atoms with Crippen molar-refractivity contribution >= 4 is 23.5 Å². The van der Waals surface area contributed by atoms with Crippen molar-refractivity contribution in [3.05, 3.63) is 45.1 Å². The highest BCUT2D eigenvalue weighted by Crippen LogP contribution is 2.30. The van der Waals surface area contributed by atoms with Crippen LogP contribution in [0, 0.1) is 0 Å². The van der Waals surface area contributed by atoms with E-state index in [9.17, 15) is 9.90 Å². The molecule has 2 N–H and O–H groups in total. The van der Waals surface area contributed by atoms with Crippen LogP contribution in [0.5, 0.6) is 11.5 Å². The SMILES string of the molecule is COc1cc(/C=N/NC(=O)c2cc3c(s2)CCC3)ccc1O. The summed E-state index contributed by atoms with van der Waals surface area (Å²) in [4.78, 5) is 14.1. The smallest absolute Gasteiger partial charge is 0.281 e. The predicted molar refractivity (Wildman–Crippen MR) is 86.1 cm³/mol. The van der Waals surface area contributed by atoms with Crippen LogP contribution < -0.4 is 10.2 Å². The number of nitrogens with zero attached hydrogens (tertiary/aromatic N) is 1. The first-order valence-corrected chi connectivity index (χ1v) is 7.81. The fraction of sp³-hybridized carbons (Fsp3) is 0.250. The number of rotatable bonds is 4. The number of ether oxygens (including phenoxy) is 1. The fourth-order valence-electron chi connectivity index (χ4n) is 2.44. The van der Waals surface area contributed by atoms with Crippen LogP contribution in [0.2, 0.25) is 0 Å². The monoisotopic (exact) mass is 316 g/mol. The summed E-state index contributed by atoms with van der Waals surface area (Å²) in [7, 11) is 1.48. The van der Waals surface area contributed by atoms with Crippen molar-refractivity contribution in [3.8, 4) is 11.5 Å². The number of phenolic OH excluding ortho intramolecular Hbond substituents is 1. The van der Waals surface area contributed by atoms with Gasteiger partial charge in [0.2, 0.25) is 0 Å². The van der Waals surface area contributed by atoms with Gasteiger partial charge in [-0.05, 0) is 54.7 Å². The van der Waals surface area contributed by atoms with Gasteiger partial charge < -0.3 is 9.84 Å². The maximum absolute atomic E-state index is 12.0. The largest absolute Gasteiger partial charge is 0.504 e. The van der Waals surface area contributed by atoms with Crippen LogP contribution in [0.1, 0.15) is 32.1 Å². The van der Waals surface area contributed by atoms with E-state index in [4.69, 9.17) is 4.74 Å². The number of nitrogens with one attached hydrogen (secondary N) is 1. The van der Waals surface area contributed by atoms with Gasteiger partial charge in [-0.25, -0.2) is 5.43 Å². The van der Waals surface area contributed by atoms with E-state index >= 15 is 0 Å². The number of hydrogen-bond donors (Lipinski definition) is 2. The van der Waals surface area contributed by atoms with Crippen LogP contribution in [-0.2, 0) is 12.8 Å². The zero-order valence-corrected chi connectivity index (χ0v) is 12.9. The lowest BCUT2D eigenvalue weighted by Crippen LogP contribution is -2.16. The van der Waals surface area contributed by atoms with Crippen molar-refractivity contribution in [2.75, 3.05) is 7.11 Å². The summed E-state index contributed by atoms with van der Waals surface area (Å²) in [5.41, 5.74) is 4.55. The van der Waals surface area contributed by atoms with Gasteiger partial charge in [-0.15, -0.1) is 11.3 Å². The van der Waals surface area contributed by atoms with Crippen LogP contribution >= 0.6 is 11.3 Å². The van der Waals surface area contributed by atoms with E-state index in [0.717, 1.165) is 18.4 Å². The van der Waals surface area contributed by atoms with Crippen molar-refractivity contribution < 1.29 is 14.6 Å². The number of phenols is 1. The second-order valence-corrected chi connectivity index (χ2v) is 6.18. The molecule has 0 aliphatic heterocycles. The molecule has 0 radical (unpaired) electrons. The van der Waals surface area contributed by atoms with Crippen molar-refractivity contribution in [1.82, 2.24) is 5.43 Å². The number of benzene rings is 1. The third kappa shape index (κ3) is 2.96. The average Bonchev–Trinajstić information content (AvgIpc) is 3.10. The van der Waals surface area contributed by atoms with Crippen molar-refractivity contribution in [1.29, 1.82) is 0 Å². The Morgan fingerprint density at radius 1 is 1.41 bits per heavy atom. The van der Waals surface area contributed by atoms with Gasteiger partial charge in [0.1, 0.15) is 0 Å². The molecule has 5 nitrogen and oxygen atoms in total. The molecule has 1 amide bonds. The maximum atomic E-state index is 12.0. The molecule has 6 heteroatoms. The molecule has 1 heterocycles. The summed E-state index contributed by atoms with van der Waals surface area (Å²) in [5, 5.41) is 13.5. The van der Waals surface area contributed by atoms with E-state index in [1.165, 1.54) is 36.3 Å². The number of aromatic hydroxyl groups is 1. The van der Waals surface area contributed by atoms with Crippen molar-refractivity contribution in [2.24, 2.45) is 5.10 Å². The molecule has 1 aliphatic rings. The molecular formula is C16H16N2O3S. The van der Waals surface area contributed by atoms with Gasteiger partial charge in [0.25, 0.3) is 5.91 Å². The number of amides is 1. The van der Waals surface area contributed by atoms with Crippen LogP contribution in [0.3, 0.4) is 0 Å². The minimum atomic E-state index is -0.193. The highest BCUT2D eigenvalue weighted by molar-refractivity contribution is 7.14. The maximum Gasteiger partial charge on any atom is 0.281 e. The zero-order chi connectivity index (χ0) is 15.5. The number of aryl methyl sites for hydroxylation is 2. The molecule has 114 valence electrons. The molecule has 0 unspecified atom stereocenters. The summed E-state index contributed by atoms with van der Waals surface area (Å²) < 4.78 is 5.02. The standard InChI is InChI=1S/C16H16N2O3S/c1-21-13-7-10(5-6-12(13)19)9-17-18-16(20)15-8-11-3-2-4-14(11)22-15/h5-9,19H,2-4H2,1H3,(H,18,20)/b17-9+. The Balaban J connectivity index is 1.65. The van der Waals surface area contributed by atoms with Gasteiger partial charge in [-0.1, -0.05) is 0 Å². The first kappa shape index (κ1) is 14.6. The van der Waals surface area contributed by atoms with E-state index in [0.29, 0.717) is 10.6 Å². The first-order valence-electron chi connectivity index (χ1n) is 6.99. The van der Waals surface area contributed by atoms with Gasteiger partial charge in [0.05, 0.1) is 18.2 Å². The number of hydrazone groups is 1. The summed E-state index contributed by atoms with van der Waals surface area (Å²) in [6.45, 7) is 0. The Kier molecular flexibility index (Phi) is 4.11. The molecule has 0 saturated heterocycles. The number of carbonyl (C=O) groups is 1. The number of thiophene rings is 1. The van der Waals surface area contributed by atoms with E-state index in [2.05, 4.69) is 10.5 Å². The van der Waals surface area contributed by atoms with Gasteiger partial charge >= 0.3 is 0 Å². The summed E-state index contributed by atoms with van der Waals surface area (Å²) in [5.74, 6) is 0.239. The Labute approximate surface area is 132 Å². The highest BCUT2D eigenvalue weighted by atomic mass is 32.1. The minimum absolute atomic E-state index is 0.0665. The number of hydrogen-bond acceptors (Lipinski definition) is 5. The van der Waals surface area contributed by atoms with Crippen LogP contribution in [0.25, 0.3) is 0 Å². The average molecular weight is 316 g/mol. The Bertz CT molecular complexity index is 715. The fourth-order valence-corrected chi connectivity index (χ4v) is 3.58. The molecule has 1 aromatic heterocycles. The zero-order valence-electron chi connectivity index (χ0n) is 12.1. The van der Waals surface area contributed by atoms with E-state index in [-0.39, 0.29) is 11.7 Å². The molecule has 3 rings (SSSR count). The van der Waals surface area contributed by atoms with E-state index in [1.54, 1.807) is 23.5 Å². The predicted octanol–water partition coefficient (Wildman–Crippen LogP) is 2.71. The highest BCUT2D eigenvalue weighted by Gasteiger charge is 2.18. The Morgan fingerprint density at radius 2 is 2.27 bits per heavy atom. The third-order valence-corrected chi connectivity index (χ3v) is 4.79. The number of fused-ring (bicyclic) bond motifs is 1. The first-order chi connectivity index (χ1) is 10.7. The molecule has 22 heavy (non-hydrogen) atoms. The molecule has 0 fully saturated rings. The third-order valence-electron chi connectivity index (χ3n) is 3.55. The molecule has 0 spiro atoms. The second kappa shape index (κ2) is 6.19. The molecule has 0 atom stereocenters. The number of carbonyl (C=O) groups excluding carboxylic acids is 1. The van der Waals surface area contributed by atoms with Crippen LogP contribution in [0.4, 0.5) is 0 Å². The number of methoxy groups -OCH3 is 1. The van der Waals surface area contributed by atoms with Gasteiger partial charge in [0, 0.05) is 4.88 Å². The van der Waals surface area contributed by atoms with Gasteiger partial charge in [-0.3, -0.25) is 4.79 Å². The molecular weight excluding hydrogens is 300 g/mol. The molecule has 1 aliphatic carbocycles. The van der Waals surface area contributed by atoms with E-state index in [1.807, 2.05) is 6.07 Å². The van der Waals surface area contributed by atoms with E-state index < -0.39 is 0 Å². The summed E-state index contributed by atoms with van der Waals surface area (Å²) in [6, 6.07) is 6.81. The molecule has 0 bridgehead atoms. The minimum Gasteiger partial charge on any atom is -0.504 e. The quantitative estimate of drug-likeness (QED) is 0.673. The van der Waals surface area contributed by atoms with Gasteiger partial charge in [0.15, 0.2) is 11.5 Å². The van der Waals surface area contributed by atoms with Gasteiger partial charge in [-0.2, -0.15) is 5.10 Å². The lowest BCUT2D eigenvalue weighted by atomic mass is 10.2. The second-order valence-electron chi connectivity index (χ2n) is 5.04. The Morgan fingerprint density at radius 3 is 3.05 bits per heavy atom. The lowest BCUT2D eigenvalue weighted by Gasteiger charge is -2.03. The topological polar surface area (TPSA) is 70.9 Å². The van der Waals surface area contributed by atoms with Crippen LogP contribution in [0.15, 0.2) is 29.4 Å². The lowest BCUT2D eigenvalue weighted by molar-refractivity contribution is 0.0959. The molecule has 2 aromatic rings. The van der Waals surface area contributed by atoms with Crippen molar-refractivity contribution in [3.63, 3.8) is 0 Å². The molecule has 0 saturated carbocycles. The molecule has 1 aromatic carbocycles. The van der Waals surface area contributed by atoms with Crippen molar-refractivity contribution in [2.45, 2.75) is 19.3 Å². The Hall–Kier alpha value is -2.34.